The second-order valence-corrected chi connectivity index (χ2v) is 9.99. The van der Waals surface area contributed by atoms with E-state index in [1.807, 2.05) is 19.9 Å². The maximum atomic E-state index is 12.4. The Kier molecular flexibility index (Phi) is 8.95. The van der Waals surface area contributed by atoms with Crippen molar-refractivity contribution in [1.29, 1.82) is 0 Å². The molecule has 10 atom stereocenters. The zero-order valence-corrected chi connectivity index (χ0v) is 21.6. The second-order valence-electron chi connectivity index (χ2n) is 9.99. The molecule has 1 aromatic heterocycles. The van der Waals surface area contributed by atoms with E-state index in [1.165, 1.54) is 19.3 Å². The summed E-state index contributed by atoms with van der Waals surface area (Å²) in [6, 6.07) is 2.34. The lowest BCUT2D eigenvalue weighted by atomic mass is 9.98. The molecule has 39 heavy (non-hydrogen) atoms. The largest absolute Gasteiger partial charge is 0.507 e. The van der Waals surface area contributed by atoms with Crippen molar-refractivity contribution in [3.05, 3.63) is 45.8 Å². The van der Waals surface area contributed by atoms with Crippen LogP contribution in [0.1, 0.15) is 26.3 Å². The molecule has 2 aliphatic heterocycles. The van der Waals surface area contributed by atoms with Gasteiger partial charge in [0.05, 0.1) is 19.0 Å². The van der Waals surface area contributed by atoms with Crippen LogP contribution >= 0.6 is 0 Å². The third kappa shape index (κ3) is 5.96. The molecule has 0 radical (unpaired) electrons. The van der Waals surface area contributed by atoms with Crippen LogP contribution in [0.15, 0.2) is 39.3 Å². The first-order valence-corrected chi connectivity index (χ1v) is 12.5. The fourth-order valence-corrected chi connectivity index (χ4v) is 4.50. The van der Waals surface area contributed by atoms with Crippen LogP contribution in [0, 0.1) is 0 Å². The molecular formula is C26H34O13. The van der Waals surface area contributed by atoms with Crippen molar-refractivity contribution in [2.45, 2.75) is 88.6 Å². The molecule has 2 aliphatic rings. The van der Waals surface area contributed by atoms with Gasteiger partial charge in [0.1, 0.15) is 65.2 Å². The average Bonchev–Trinajstić information content (AvgIpc) is 2.89. The van der Waals surface area contributed by atoms with Crippen molar-refractivity contribution < 1.29 is 59.1 Å². The summed E-state index contributed by atoms with van der Waals surface area (Å²) in [5.41, 5.74) is 0.914. The summed E-state index contributed by atoms with van der Waals surface area (Å²) >= 11 is 0. The predicted molar refractivity (Wildman–Crippen MR) is 133 cm³/mol. The van der Waals surface area contributed by atoms with Gasteiger partial charge in [-0.05, 0) is 27.2 Å². The molecule has 0 amide bonds. The van der Waals surface area contributed by atoms with E-state index in [2.05, 4.69) is 0 Å². The Labute approximate surface area is 223 Å². The van der Waals surface area contributed by atoms with Gasteiger partial charge in [0.2, 0.25) is 6.29 Å². The van der Waals surface area contributed by atoms with Crippen LogP contribution in [0.25, 0.3) is 11.0 Å². The number of aromatic hydroxyl groups is 1. The fraction of sp³-hybridized carbons (Fsp3) is 0.577. The highest BCUT2D eigenvalue weighted by Gasteiger charge is 2.47. The van der Waals surface area contributed by atoms with Crippen LogP contribution in [-0.4, -0.2) is 104 Å². The summed E-state index contributed by atoms with van der Waals surface area (Å²) in [6.45, 7) is 4.73. The van der Waals surface area contributed by atoms with Crippen molar-refractivity contribution in [2.24, 2.45) is 0 Å². The lowest BCUT2D eigenvalue weighted by Crippen LogP contribution is -2.61. The number of aliphatic hydroxyl groups excluding tert-OH is 6. The number of phenols is 1. The smallest absolute Gasteiger partial charge is 0.229 e. The molecule has 13 heteroatoms. The van der Waals surface area contributed by atoms with Gasteiger partial charge in [-0.2, -0.15) is 0 Å². The minimum absolute atomic E-state index is 0.00358. The number of fused-ring (bicyclic) bond motifs is 1. The monoisotopic (exact) mass is 554 g/mol. The average molecular weight is 555 g/mol. The van der Waals surface area contributed by atoms with Crippen LogP contribution in [-0.2, 0) is 20.6 Å². The number of rotatable bonds is 7. The highest BCUT2D eigenvalue weighted by molar-refractivity contribution is 5.88. The number of hydrogen-bond donors (Lipinski definition) is 7. The van der Waals surface area contributed by atoms with Crippen molar-refractivity contribution in [3.63, 3.8) is 0 Å². The molecule has 0 spiro atoms. The lowest BCUT2D eigenvalue weighted by Gasteiger charge is -2.42. The Morgan fingerprint density at radius 1 is 0.949 bits per heavy atom. The number of ether oxygens (including phenoxy) is 4. The number of aliphatic hydroxyl groups is 6. The van der Waals surface area contributed by atoms with Gasteiger partial charge in [0.15, 0.2) is 11.7 Å². The summed E-state index contributed by atoms with van der Waals surface area (Å²) in [6.07, 6.45) is -11.5. The summed E-state index contributed by atoms with van der Waals surface area (Å²) in [5.74, 6) is -0.435. The molecule has 0 unspecified atom stereocenters. The highest BCUT2D eigenvalue weighted by Crippen LogP contribution is 2.36. The van der Waals surface area contributed by atoms with Crippen molar-refractivity contribution in [3.8, 4) is 11.5 Å². The van der Waals surface area contributed by atoms with Gasteiger partial charge < -0.3 is 59.1 Å². The standard InChI is InChI=1S/C26H34O13/c1-10(2)4-5-12-15(8-14(28)17-13(27)6-7-35-24(12)17)38-26-23(34)21(32)19(30)16(39-26)9-36-25-22(33)20(31)18(29)11(3)37-25/h4,6-8,11,16,18-23,25-26,28-34H,5,9H2,1-3H3/t11-,16+,18-,19+,20+,21-,22+,23+,25+,26+/m0/s1. The van der Waals surface area contributed by atoms with Crippen LogP contribution in [0.2, 0.25) is 0 Å². The Morgan fingerprint density at radius 2 is 1.62 bits per heavy atom. The number of benzene rings is 1. The van der Waals surface area contributed by atoms with Gasteiger partial charge in [-0.15, -0.1) is 0 Å². The Bertz CT molecular complexity index is 1240. The molecule has 216 valence electrons. The second kappa shape index (κ2) is 11.9. The van der Waals surface area contributed by atoms with E-state index in [-0.39, 0.29) is 23.1 Å². The van der Waals surface area contributed by atoms with Crippen molar-refractivity contribution >= 4 is 11.0 Å². The highest BCUT2D eigenvalue weighted by atomic mass is 16.7. The van der Waals surface area contributed by atoms with Gasteiger partial charge in [0.25, 0.3) is 0 Å². The predicted octanol–water partition coefficient (Wildman–Crippen LogP) is -0.962. The summed E-state index contributed by atoms with van der Waals surface area (Å²) in [7, 11) is 0. The molecule has 3 heterocycles. The minimum Gasteiger partial charge on any atom is -0.507 e. The van der Waals surface area contributed by atoms with Crippen LogP contribution < -0.4 is 10.2 Å². The normalized spacial score (nSPS) is 35.1. The van der Waals surface area contributed by atoms with Gasteiger partial charge in [-0.1, -0.05) is 11.6 Å². The lowest BCUT2D eigenvalue weighted by molar-refractivity contribution is -0.318. The van der Waals surface area contributed by atoms with Crippen LogP contribution in [0.5, 0.6) is 11.5 Å². The van der Waals surface area contributed by atoms with E-state index in [9.17, 15) is 40.5 Å². The third-order valence-corrected chi connectivity index (χ3v) is 6.83. The molecule has 4 rings (SSSR count). The van der Waals surface area contributed by atoms with E-state index in [0.29, 0.717) is 5.56 Å². The Hall–Kier alpha value is -2.59. The molecule has 1 aromatic carbocycles. The van der Waals surface area contributed by atoms with Gasteiger partial charge >= 0.3 is 0 Å². The molecule has 13 nitrogen and oxygen atoms in total. The SMILES string of the molecule is CC(C)=CCc1c(O[C@@H]2O[C@H](CO[C@@H]3O[C@@H](C)[C@H](O)[C@@H](O)[C@H]3O)[C@@H](O)[C@H](O)[C@H]2O)cc(O)c2c(=O)ccoc12. The van der Waals surface area contributed by atoms with E-state index >= 15 is 0 Å². The number of hydrogen-bond acceptors (Lipinski definition) is 13. The van der Waals surface area contributed by atoms with E-state index in [0.717, 1.165) is 11.6 Å². The molecule has 0 saturated carbocycles. The summed E-state index contributed by atoms with van der Waals surface area (Å²) in [5, 5.41) is 72.1. The minimum atomic E-state index is -1.74. The first kappa shape index (κ1) is 29.4. The number of allylic oxidation sites excluding steroid dienone is 2. The topological polar surface area (TPSA) is 209 Å². The van der Waals surface area contributed by atoms with E-state index in [4.69, 9.17) is 23.4 Å². The zero-order chi connectivity index (χ0) is 28.6. The molecular weight excluding hydrogens is 520 g/mol. The molecule has 0 aliphatic carbocycles. The van der Waals surface area contributed by atoms with Gasteiger partial charge in [0, 0.05) is 17.7 Å². The van der Waals surface area contributed by atoms with Crippen molar-refractivity contribution in [1.82, 2.24) is 0 Å². The molecule has 2 fully saturated rings. The quantitative estimate of drug-likeness (QED) is 0.206. The Balaban J connectivity index is 1.58. The molecule has 2 saturated heterocycles. The Morgan fingerprint density at radius 3 is 2.31 bits per heavy atom. The van der Waals surface area contributed by atoms with Crippen LogP contribution in [0.3, 0.4) is 0 Å². The molecule has 2 aromatic rings. The first-order valence-electron chi connectivity index (χ1n) is 12.5. The third-order valence-electron chi connectivity index (χ3n) is 6.83. The summed E-state index contributed by atoms with van der Waals surface area (Å²) in [4.78, 5) is 12.4. The zero-order valence-electron chi connectivity index (χ0n) is 21.6. The number of phenolic OH excluding ortho intramolecular Hbond substituents is 1. The van der Waals surface area contributed by atoms with Crippen molar-refractivity contribution in [2.75, 3.05) is 6.61 Å². The summed E-state index contributed by atoms with van der Waals surface area (Å²) < 4.78 is 28.0. The maximum absolute atomic E-state index is 12.4. The maximum Gasteiger partial charge on any atom is 0.229 e. The first-order chi connectivity index (χ1) is 18.4. The molecule has 7 N–H and O–H groups in total. The van der Waals surface area contributed by atoms with E-state index in [1.54, 1.807) is 0 Å². The van der Waals surface area contributed by atoms with Crippen LogP contribution in [0.4, 0.5) is 0 Å². The molecule has 0 bridgehead atoms. The van der Waals surface area contributed by atoms with E-state index < -0.39 is 79.2 Å². The fourth-order valence-electron chi connectivity index (χ4n) is 4.50. The van der Waals surface area contributed by atoms with Gasteiger partial charge in [-0.3, -0.25) is 4.79 Å². The van der Waals surface area contributed by atoms with Gasteiger partial charge in [-0.25, -0.2) is 0 Å².